The van der Waals surface area contributed by atoms with Gasteiger partial charge in [0.25, 0.3) is 5.91 Å². The van der Waals surface area contributed by atoms with Crippen molar-refractivity contribution >= 4 is 29.4 Å². The van der Waals surface area contributed by atoms with Crippen molar-refractivity contribution in [1.82, 2.24) is 20.3 Å². The third kappa shape index (κ3) is 5.09. The molecule has 2 amide bonds. The molecular weight excluding hydrogens is 365 g/mol. The van der Waals surface area contributed by atoms with Crippen LogP contribution >= 0.6 is 11.6 Å². The standard InChI is InChI=1S/C16H17ClFN5O3/c1-8-4-13(23-16(20-8)22-10(3)24)14(25)21-9(2)11-5-12(17)15(19-6-11)26-7-18/h4-6,9H,7H2,1-3H3,(H,21,25)(H,20,22,23,24). The highest BCUT2D eigenvalue weighted by Gasteiger charge is 2.16. The average molecular weight is 382 g/mol. The highest BCUT2D eigenvalue weighted by atomic mass is 35.5. The van der Waals surface area contributed by atoms with Crippen LogP contribution in [-0.4, -0.2) is 33.6 Å². The molecule has 2 N–H and O–H groups in total. The van der Waals surface area contributed by atoms with Gasteiger partial charge in [-0.3, -0.25) is 14.9 Å². The normalized spacial score (nSPS) is 11.6. The molecule has 2 aromatic heterocycles. The van der Waals surface area contributed by atoms with Crippen molar-refractivity contribution in [2.45, 2.75) is 26.8 Å². The molecule has 0 radical (unpaired) electrons. The molecule has 26 heavy (non-hydrogen) atoms. The van der Waals surface area contributed by atoms with E-state index >= 15 is 0 Å². The SMILES string of the molecule is CC(=O)Nc1nc(C)cc(C(=O)NC(C)c2cnc(OCF)c(Cl)c2)n1. The van der Waals surface area contributed by atoms with E-state index < -0.39 is 18.8 Å². The number of halogens is 2. The first kappa shape index (κ1) is 19.5. The maximum atomic E-state index is 12.4. The lowest BCUT2D eigenvalue weighted by Gasteiger charge is -2.15. The van der Waals surface area contributed by atoms with Crippen molar-refractivity contribution in [2.24, 2.45) is 0 Å². The van der Waals surface area contributed by atoms with Gasteiger partial charge < -0.3 is 10.1 Å². The summed E-state index contributed by atoms with van der Waals surface area (Å²) < 4.78 is 16.8. The van der Waals surface area contributed by atoms with Gasteiger partial charge >= 0.3 is 0 Å². The lowest BCUT2D eigenvalue weighted by Crippen LogP contribution is -2.28. The number of amides is 2. The Kier molecular flexibility index (Phi) is 6.40. The Labute approximate surface area is 154 Å². The molecule has 0 aliphatic heterocycles. The number of pyridine rings is 1. The number of aromatic nitrogens is 3. The highest BCUT2D eigenvalue weighted by molar-refractivity contribution is 6.31. The Morgan fingerprint density at radius 3 is 2.69 bits per heavy atom. The van der Waals surface area contributed by atoms with Crippen LogP contribution in [-0.2, 0) is 4.79 Å². The van der Waals surface area contributed by atoms with Gasteiger partial charge in [-0.25, -0.2) is 19.3 Å². The fourth-order valence-corrected chi connectivity index (χ4v) is 2.32. The summed E-state index contributed by atoms with van der Waals surface area (Å²) in [7, 11) is 0. The quantitative estimate of drug-likeness (QED) is 0.796. The molecule has 0 bridgehead atoms. The largest absolute Gasteiger partial charge is 0.445 e. The number of anilines is 1. The molecule has 0 aliphatic carbocycles. The molecule has 10 heteroatoms. The van der Waals surface area contributed by atoms with Crippen LogP contribution in [0.25, 0.3) is 0 Å². The molecule has 0 saturated heterocycles. The Bertz CT molecular complexity index is 834. The molecule has 0 spiro atoms. The first-order valence-corrected chi connectivity index (χ1v) is 7.96. The van der Waals surface area contributed by atoms with Gasteiger partial charge in [-0.15, -0.1) is 0 Å². The number of carbonyl (C=O) groups excluding carboxylic acids is 2. The Morgan fingerprint density at radius 1 is 1.35 bits per heavy atom. The van der Waals surface area contributed by atoms with Gasteiger partial charge in [-0.05, 0) is 31.5 Å². The number of ether oxygens (including phenoxy) is 1. The average Bonchev–Trinajstić information content (AvgIpc) is 2.55. The monoisotopic (exact) mass is 381 g/mol. The minimum atomic E-state index is -1.04. The second kappa shape index (κ2) is 8.52. The summed E-state index contributed by atoms with van der Waals surface area (Å²) in [5, 5.41) is 5.31. The lowest BCUT2D eigenvalue weighted by molar-refractivity contribution is -0.114. The molecule has 0 aliphatic rings. The Balaban J connectivity index is 2.15. The molecule has 0 aromatic carbocycles. The molecular formula is C16H17ClFN5O3. The van der Waals surface area contributed by atoms with E-state index in [0.29, 0.717) is 11.3 Å². The summed E-state index contributed by atoms with van der Waals surface area (Å²) in [4.78, 5) is 35.5. The van der Waals surface area contributed by atoms with Gasteiger partial charge in [0, 0.05) is 18.8 Å². The van der Waals surface area contributed by atoms with E-state index in [-0.39, 0.29) is 28.5 Å². The van der Waals surface area contributed by atoms with Crippen LogP contribution in [0.3, 0.4) is 0 Å². The summed E-state index contributed by atoms with van der Waals surface area (Å²) in [6.45, 7) is 3.69. The predicted octanol–water partition coefficient (Wildman–Crippen LogP) is 2.59. The Morgan fingerprint density at radius 2 is 2.08 bits per heavy atom. The number of aryl methyl sites for hydroxylation is 1. The Hall–Kier alpha value is -2.81. The van der Waals surface area contributed by atoms with Gasteiger partial charge in [-0.1, -0.05) is 11.6 Å². The van der Waals surface area contributed by atoms with Crippen LogP contribution in [0, 0.1) is 6.92 Å². The van der Waals surface area contributed by atoms with Crippen LogP contribution in [0.5, 0.6) is 5.88 Å². The summed E-state index contributed by atoms with van der Waals surface area (Å²) in [6.07, 6.45) is 1.43. The van der Waals surface area contributed by atoms with Gasteiger partial charge in [-0.2, -0.15) is 0 Å². The number of nitrogens with one attached hydrogen (secondary N) is 2. The number of nitrogens with zero attached hydrogens (tertiary/aromatic N) is 3. The van der Waals surface area contributed by atoms with Crippen LogP contribution in [0.1, 0.15) is 41.6 Å². The molecule has 1 unspecified atom stereocenters. The fourth-order valence-electron chi connectivity index (χ4n) is 2.09. The molecule has 8 nitrogen and oxygen atoms in total. The van der Waals surface area contributed by atoms with Gasteiger partial charge in [0.2, 0.25) is 24.6 Å². The smallest absolute Gasteiger partial charge is 0.270 e. The zero-order valence-corrected chi connectivity index (χ0v) is 15.1. The van der Waals surface area contributed by atoms with Crippen molar-refractivity contribution in [3.63, 3.8) is 0 Å². The van der Waals surface area contributed by atoms with Crippen LogP contribution in [0.15, 0.2) is 18.3 Å². The van der Waals surface area contributed by atoms with Crippen LogP contribution in [0.4, 0.5) is 10.3 Å². The molecule has 138 valence electrons. The van der Waals surface area contributed by atoms with Crippen LogP contribution in [0.2, 0.25) is 5.02 Å². The number of alkyl halides is 1. The second-order valence-electron chi connectivity index (χ2n) is 5.40. The molecule has 0 saturated carbocycles. The summed E-state index contributed by atoms with van der Waals surface area (Å²) in [5.41, 5.74) is 1.23. The molecule has 2 rings (SSSR count). The second-order valence-corrected chi connectivity index (χ2v) is 5.81. The van der Waals surface area contributed by atoms with Crippen molar-refractivity contribution in [2.75, 3.05) is 12.2 Å². The fraction of sp³-hybridized carbons (Fsp3) is 0.312. The first-order chi connectivity index (χ1) is 12.3. The van der Waals surface area contributed by atoms with Crippen molar-refractivity contribution < 1.29 is 18.7 Å². The maximum absolute atomic E-state index is 12.4. The van der Waals surface area contributed by atoms with E-state index in [4.69, 9.17) is 11.6 Å². The third-order valence-electron chi connectivity index (χ3n) is 3.24. The van der Waals surface area contributed by atoms with Crippen molar-refractivity contribution in [3.8, 4) is 5.88 Å². The highest BCUT2D eigenvalue weighted by Crippen LogP contribution is 2.25. The van der Waals surface area contributed by atoms with E-state index in [2.05, 4.69) is 30.3 Å². The van der Waals surface area contributed by atoms with Gasteiger partial charge in [0.05, 0.1) is 6.04 Å². The molecule has 2 heterocycles. The summed E-state index contributed by atoms with van der Waals surface area (Å²) in [5.74, 6) is -0.781. The molecule has 2 aromatic rings. The van der Waals surface area contributed by atoms with E-state index in [1.807, 2.05) is 0 Å². The minimum Gasteiger partial charge on any atom is -0.445 e. The zero-order valence-electron chi connectivity index (χ0n) is 14.3. The number of hydrogen-bond acceptors (Lipinski definition) is 6. The van der Waals surface area contributed by atoms with E-state index in [1.54, 1.807) is 13.8 Å². The zero-order chi connectivity index (χ0) is 19.3. The first-order valence-electron chi connectivity index (χ1n) is 7.58. The summed E-state index contributed by atoms with van der Waals surface area (Å²) in [6, 6.07) is 2.57. The van der Waals surface area contributed by atoms with Gasteiger partial charge in [0.1, 0.15) is 10.7 Å². The topological polar surface area (TPSA) is 106 Å². The van der Waals surface area contributed by atoms with E-state index in [9.17, 15) is 14.0 Å². The molecule has 0 fully saturated rings. The summed E-state index contributed by atoms with van der Waals surface area (Å²) >= 11 is 5.97. The lowest BCUT2D eigenvalue weighted by atomic mass is 10.1. The molecule has 1 atom stereocenters. The number of rotatable bonds is 6. The predicted molar refractivity (Wildman–Crippen MR) is 92.8 cm³/mol. The van der Waals surface area contributed by atoms with Crippen LogP contribution < -0.4 is 15.4 Å². The third-order valence-corrected chi connectivity index (χ3v) is 3.51. The van der Waals surface area contributed by atoms with Gasteiger partial charge in [0.15, 0.2) is 0 Å². The van der Waals surface area contributed by atoms with E-state index in [1.165, 1.54) is 25.3 Å². The van der Waals surface area contributed by atoms with Crippen molar-refractivity contribution in [1.29, 1.82) is 0 Å². The van der Waals surface area contributed by atoms with Crippen molar-refractivity contribution in [3.05, 3.63) is 40.3 Å². The minimum absolute atomic E-state index is 0.0252. The number of hydrogen-bond donors (Lipinski definition) is 2. The number of carbonyl (C=O) groups is 2. The van der Waals surface area contributed by atoms with E-state index in [0.717, 1.165) is 0 Å². The maximum Gasteiger partial charge on any atom is 0.270 e.